The molecule has 10 heteroatoms. The summed E-state index contributed by atoms with van der Waals surface area (Å²) in [5.41, 5.74) is 6.33. The quantitative estimate of drug-likeness (QED) is 0.697. The number of thiazole rings is 1. The van der Waals surface area contributed by atoms with Gasteiger partial charge in [0.1, 0.15) is 10.6 Å². The normalized spacial score (nSPS) is 15.3. The Balaban J connectivity index is 1.58. The maximum absolute atomic E-state index is 12.5. The fourth-order valence-electron chi connectivity index (χ4n) is 2.90. The highest BCUT2D eigenvalue weighted by molar-refractivity contribution is 7.17. The van der Waals surface area contributed by atoms with Crippen molar-refractivity contribution in [2.45, 2.75) is 32.2 Å². The molecular weight excluding hydrogens is 397 g/mol. The van der Waals surface area contributed by atoms with Gasteiger partial charge in [0, 0.05) is 24.8 Å². The van der Waals surface area contributed by atoms with Gasteiger partial charge in [-0.2, -0.15) is 0 Å². The smallest absolute Gasteiger partial charge is 0.269 e. The predicted molar refractivity (Wildman–Crippen MR) is 104 cm³/mol. The minimum absolute atomic E-state index is 0.0394. The number of anilines is 1. The molecule has 0 aliphatic carbocycles. The highest BCUT2D eigenvalue weighted by Gasteiger charge is 2.25. The van der Waals surface area contributed by atoms with Crippen LogP contribution in [-0.4, -0.2) is 40.9 Å². The van der Waals surface area contributed by atoms with Crippen LogP contribution in [0.2, 0.25) is 10.0 Å². The van der Waals surface area contributed by atoms with Gasteiger partial charge < -0.3 is 20.9 Å². The summed E-state index contributed by atoms with van der Waals surface area (Å²) >= 11 is 13.6. The van der Waals surface area contributed by atoms with Gasteiger partial charge in [0.2, 0.25) is 0 Å². The number of aromatic amines is 1. The van der Waals surface area contributed by atoms with Crippen LogP contribution >= 0.6 is 34.5 Å². The largest absolute Gasteiger partial charge is 0.365 e. The van der Waals surface area contributed by atoms with Gasteiger partial charge in [0.25, 0.3) is 11.8 Å². The zero-order chi connectivity index (χ0) is 18.8. The molecule has 0 aromatic carbocycles. The number of aromatic nitrogens is 2. The Morgan fingerprint density at radius 2 is 2.08 bits per heavy atom. The van der Waals surface area contributed by atoms with Crippen molar-refractivity contribution in [3.63, 3.8) is 0 Å². The highest BCUT2D eigenvalue weighted by Crippen LogP contribution is 2.30. The van der Waals surface area contributed by atoms with E-state index in [9.17, 15) is 9.59 Å². The first-order chi connectivity index (χ1) is 12.4. The summed E-state index contributed by atoms with van der Waals surface area (Å²) in [6, 6.07) is 0.0394. The van der Waals surface area contributed by atoms with E-state index in [4.69, 9.17) is 28.9 Å². The van der Waals surface area contributed by atoms with Crippen LogP contribution in [0.1, 0.15) is 45.6 Å². The van der Waals surface area contributed by atoms with E-state index in [0.717, 1.165) is 36.8 Å². The molecule has 140 valence electrons. The molecule has 3 rings (SSSR count). The Hall–Kier alpha value is -1.77. The number of piperidine rings is 1. The molecule has 0 saturated carbocycles. The van der Waals surface area contributed by atoms with Crippen molar-refractivity contribution in [3.8, 4) is 0 Å². The third kappa shape index (κ3) is 3.82. The van der Waals surface area contributed by atoms with Gasteiger partial charge in [0.15, 0.2) is 5.13 Å². The van der Waals surface area contributed by atoms with Crippen molar-refractivity contribution in [3.05, 3.63) is 32.5 Å². The number of aryl methyl sites for hydroxylation is 1. The van der Waals surface area contributed by atoms with E-state index >= 15 is 0 Å². The van der Waals surface area contributed by atoms with Crippen molar-refractivity contribution < 1.29 is 9.59 Å². The number of carbonyl (C=O) groups is 2. The van der Waals surface area contributed by atoms with E-state index in [1.165, 1.54) is 17.5 Å². The maximum atomic E-state index is 12.5. The van der Waals surface area contributed by atoms with Crippen LogP contribution < -0.4 is 16.0 Å². The molecule has 1 fully saturated rings. The van der Waals surface area contributed by atoms with Crippen molar-refractivity contribution in [2.75, 3.05) is 18.0 Å². The zero-order valence-corrected chi connectivity index (χ0v) is 16.5. The molecule has 26 heavy (non-hydrogen) atoms. The number of carbonyl (C=O) groups excluding carboxylic acids is 2. The van der Waals surface area contributed by atoms with E-state index in [1.54, 1.807) is 0 Å². The average Bonchev–Trinajstić information content (AvgIpc) is 3.22. The fraction of sp³-hybridized carbons (Fsp3) is 0.438. The molecule has 0 unspecified atom stereocenters. The number of nitrogens with one attached hydrogen (secondary N) is 2. The Morgan fingerprint density at radius 3 is 2.62 bits per heavy atom. The summed E-state index contributed by atoms with van der Waals surface area (Å²) in [6.45, 7) is 3.40. The summed E-state index contributed by atoms with van der Waals surface area (Å²) in [5.74, 6) is -0.718. The minimum Gasteiger partial charge on any atom is -0.365 e. The first kappa shape index (κ1) is 19.0. The summed E-state index contributed by atoms with van der Waals surface area (Å²) in [4.78, 5) is 33.4. The molecule has 0 atom stereocenters. The molecule has 2 aromatic heterocycles. The standard InChI is InChI=1S/C16H19Cl2N5O2S/c1-2-9-11(17)12(18)13(22-9)15(25)21-8-3-5-23(6-4-8)16-20-7-10(26-16)14(19)24/h7-8,22H,2-6H2,1H3,(H2,19,24)(H,21,25). The second kappa shape index (κ2) is 7.85. The minimum atomic E-state index is -0.469. The maximum Gasteiger partial charge on any atom is 0.269 e. The summed E-state index contributed by atoms with van der Waals surface area (Å²) in [6.07, 6.45) is 3.71. The molecule has 3 heterocycles. The van der Waals surface area contributed by atoms with Crippen LogP contribution in [0.5, 0.6) is 0 Å². The van der Waals surface area contributed by atoms with E-state index in [-0.39, 0.29) is 17.0 Å². The highest BCUT2D eigenvalue weighted by atomic mass is 35.5. The zero-order valence-electron chi connectivity index (χ0n) is 14.1. The topological polar surface area (TPSA) is 104 Å². The Morgan fingerprint density at radius 1 is 1.38 bits per heavy atom. The molecule has 7 nitrogen and oxygen atoms in total. The van der Waals surface area contributed by atoms with Crippen molar-refractivity contribution in [1.82, 2.24) is 15.3 Å². The lowest BCUT2D eigenvalue weighted by molar-refractivity contribution is 0.0925. The van der Waals surface area contributed by atoms with Gasteiger partial charge in [0.05, 0.1) is 16.2 Å². The lowest BCUT2D eigenvalue weighted by Crippen LogP contribution is -2.44. The summed E-state index contributed by atoms with van der Waals surface area (Å²) < 4.78 is 0. The van der Waals surface area contributed by atoms with Crippen LogP contribution in [-0.2, 0) is 6.42 Å². The van der Waals surface area contributed by atoms with Gasteiger partial charge in [-0.25, -0.2) is 4.98 Å². The molecule has 1 saturated heterocycles. The number of hydrogen-bond acceptors (Lipinski definition) is 5. The van der Waals surface area contributed by atoms with Crippen LogP contribution in [0, 0.1) is 0 Å². The summed E-state index contributed by atoms with van der Waals surface area (Å²) in [7, 11) is 0. The molecule has 0 radical (unpaired) electrons. The fourth-order valence-corrected chi connectivity index (χ4v) is 4.24. The van der Waals surface area contributed by atoms with Gasteiger partial charge >= 0.3 is 0 Å². The molecular formula is C16H19Cl2N5O2S. The van der Waals surface area contributed by atoms with Gasteiger partial charge in [-0.1, -0.05) is 41.5 Å². The lowest BCUT2D eigenvalue weighted by atomic mass is 10.1. The first-order valence-electron chi connectivity index (χ1n) is 8.28. The predicted octanol–water partition coefficient (Wildman–Crippen LogP) is 2.84. The second-order valence-corrected chi connectivity index (χ2v) is 7.83. The van der Waals surface area contributed by atoms with E-state index in [0.29, 0.717) is 22.0 Å². The van der Waals surface area contributed by atoms with E-state index in [1.807, 2.05) is 6.92 Å². The molecule has 4 N–H and O–H groups in total. The third-order valence-corrected chi connectivity index (χ3v) is 6.34. The molecule has 1 aliphatic rings. The lowest BCUT2D eigenvalue weighted by Gasteiger charge is -2.32. The molecule has 0 bridgehead atoms. The molecule has 1 aliphatic heterocycles. The number of hydrogen-bond donors (Lipinski definition) is 3. The molecule has 2 amide bonds. The Labute approximate surface area is 164 Å². The number of nitrogens with zero attached hydrogens (tertiary/aromatic N) is 2. The van der Waals surface area contributed by atoms with E-state index in [2.05, 4.69) is 20.2 Å². The second-order valence-electron chi connectivity index (χ2n) is 6.07. The molecule has 2 aromatic rings. The Bertz CT molecular complexity index is 827. The van der Waals surface area contributed by atoms with Crippen molar-refractivity contribution in [2.24, 2.45) is 5.73 Å². The number of amides is 2. The van der Waals surface area contributed by atoms with Gasteiger partial charge in [-0.05, 0) is 19.3 Å². The van der Waals surface area contributed by atoms with Crippen molar-refractivity contribution >= 4 is 51.5 Å². The number of primary amides is 1. The van der Waals surface area contributed by atoms with Crippen LogP contribution in [0.3, 0.4) is 0 Å². The van der Waals surface area contributed by atoms with Crippen molar-refractivity contribution in [1.29, 1.82) is 0 Å². The van der Waals surface area contributed by atoms with E-state index < -0.39 is 5.91 Å². The van der Waals surface area contributed by atoms with Crippen LogP contribution in [0.15, 0.2) is 6.20 Å². The third-order valence-electron chi connectivity index (χ3n) is 4.37. The van der Waals surface area contributed by atoms with Gasteiger partial charge in [-0.3, -0.25) is 9.59 Å². The van der Waals surface area contributed by atoms with Crippen LogP contribution in [0.4, 0.5) is 5.13 Å². The van der Waals surface area contributed by atoms with Gasteiger partial charge in [-0.15, -0.1) is 0 Å². The number of nitrogens with two attached hydrogens (primary N) is 1. The number of rotatable bonds is 5. The average molecular weight is 416 g/mol. The SMILES string of the molecule is CCc1[nH]c(C(=O)NC2CCN(c3ncc(C(N)=O)s3)CC2)c(Cl)c1Cl. The number of H-pyrrole nitrogens is 1. The summed E-state index contributed by atoms with van der Waals surface area (Å²) in [5, 5.41) is 4.45. The van der Waals surface area contributed by atoms with Crippen LogP contribution in [0.25, 0.3) is 0 Å². The molecule has 0 spiro atoms. The Kier molecular flexibility index (Phi) is 5.74. The number of halogens is 2. The monoisotopic (exact) mass is 415 g/mol. The first-order valence-corrected chi connectivity index (χ1v) is 9.85.